The predicted molar refractivity (Wildman–Crippen MR) is 77.0 cm³/mol. The molecule has 0 unspecified atom stereocenters. The van der Waals surface area contributed by atoms with E-state index in [1.165, 1.54) is 4.31 Å². The van der Waals surface area contributed by atoms with Gasteiger partial charge in [-0.15, -0.1) is 0 Å². The fourth-order valence-electron chi connectivity index (χ4n) is 2.22. The maximum Gasteiger partial charge on any atom is 0.244 e. The van der Waals surface area contributed by atoms with Crippen LogP contribution < -0.4 is 5.32 Å². The second-order valence-corrected chi connectivity index (χ2v) is 6.91. The number of morpholine rings is 1. The van der Waals surface area contributed by atoms with E-state index >= 15 is 0 Å². The summed E-state index contributed by atoms with van der Waals surface area (Å²) >= 11 is 0. The molecule has 114 valence electrons. The molecule has 0 aromatic carbocycles. The van der Waals surface area contributed by atoms with Crippen LogP contribution in [0.4, 0.5) is 0 Å². The molecule has 0 bridgehead atoms. The Bertz CT molecular complexity index is 533. The second-order valence-electron chi connectivity index (χ2n) is 4.97. The van der Waals surface area contributed by atoms with Crippen LogP contribution in [0.25, 0.3) is 0 Å². The highest BCUT2D eigenvalue weighted by molar-refractivity contribution is 7.89. The van der Waals surface area contributed by atoms with Gasteiger partial charge in [0.15, 0.2) is 0 Å². The summed E-state index contributed by atoms with van der Waals surface area (Å²) in [5, 5.41) is 3.29. The zero-order valence-electron chi connectivity index (χ0n) is 12.1. The van der Waals surface area contributed by atoms with Gasteiger partial charge in [0.25, 0.3) is 0 Å². The predicted octanol–water partition coefficient (Wildman–Crippen LogP) is 0.546. The first kappa shape index (κ1) is 15.5. The number of ether oxygens (including phenoxy) is 1. The zero-order chi connectivity index (χ0) is 14.6. The lowest BCUT2D eigenvalue weighted by molar-refractivity contribution is 0.0730. The van der Waals surface area contributed by atoms with Crippen molar-refractivity contribution in [3.05, 3.63) is 18.0 Å². The minimum atomic E-state index is -3.39. The average Bonchev–Trinajstić information content (AvgIpc) is 2.82. The maximum atomic E-state index is 12.5. The van der Waals surface area contributed by atoms with Crippen LogP contribution in [0.3, 0.4) is 0 Å². The number of aromatic nitrogens is 1. The summed E-state index contributed by atoms with van der Waals surface area (Å²) in [5.74, 6) is 0. The smallest absolute Gasteiger partial charge is 0.244 e. The third-order valence-corrected chi connectivity index (χ3v) is 5.29. The van der Waals surface area contributed by atoms with Gasteiger partial charge in [-0.05, 0) is 19.0 Å². The summed E-state index contributed by atoms with van der Waals surface area (Å²) in [5.41, 5.74) is 0.977. The fraction of sp³-hybridized carbons (Fsp3) is 0.692. The molecule has 6 nitrogen and oxygen atoms in total. The average molecular weight is 301 g/mol. The summed E-state index contributed by atoms with van der Waals surface area (Å²) in [6.07, 6.45) is 2.75. The highest BCUT2D eigenvalue weighted by atomic mass is 32.2. The molecule has 2 heterocycles. The Morgan fingerprint density at radius 2 is 2.05 bits per heavy atom. The molecule has 0 aliphatic carbocycles. The van der Waals surface area contributed by atoms with Gasteiger partial charge in [0.05, 0.1) is 13.2 Å². The van der Waals surface area contributed by atoms with Crippen molar-refractivity contribution in [1.29, 1.82) is 0 Å². The van der Waals surface area contributed by atoms with Gasteiger partial charge in [-0.25, -0.2) is 8.42 Å². The molecule has 0 spiro atoms. The lowest BCUT2D eigenvalue weighted by atomic mass is 10.4. The highest BCUT2D eigenvalue weighted by Crippen LogP contribution is 2.19. The molecule has 1 aliphatic heterocycles. The van der Waals surface area contributed by atoms with Crippen LogP contribution in [0.5, 0.6) is 0 Å². The monoisotopic (exact) mass is 301 g/mol. The number of nitrogens with one attached hydrogen (secondary N) is 1. The maximum absolute atomic E-state index is 12.5. The van der Waals surface area contributed by atoms with Crippen LogP contribution >= 0.6 is 0 Å². The van der Waals surface area contributed by atoms with E-state index in [2.05, 4.69) is 12.2 Å². The molecule has 0 radical (unpaired) electrons. The summed E-state index contributed by atoms with van der Waals surface area (Å²) in [4.78, 5) is 0.371. The molecule has 1 saturated heterocycles. The molecule has 20 heavy (non-hydrogen) atoms. The Morgan fingerprint density at radius 3 is 2.70 bits per heavy atom. The van der Waals surface area contributed by atoms with Crippen molar-refractivity contribution in [1.82, 2.24) is 14.2 Å². The van der Waals surface area contributed by atoms with Gasteiger partial charge in [0.2, 0.25) is 10.0 Å². The molecule has 0 saturated carbocycles. The standard InChI is InChI=1S/C13H23N3O3S/c1-3-4-14-10-12-9-13(11-15(12)2)20(17,18)16-5-7-19-8-6-16/h9,11,14H,3-8,10H2,1-2H3. The SMILES string of the molecule is CCCNCc1cc(S(=O)(=O)N2CCOCC2)cn1C. The van der Waals surface area contributed by atoms with Gasteiger partial charge in [-0.3, -0.25) is 0 Å². The van der Waals surface area contributed by atoms with Crippen molar-refractivity contribution >= 4 is 10.0 Å². The third-order valence-electron chi connectivity index (χ3n) is 3.42. The lowest BCUT2D eigenvalue weighted by Crippen LogP contribution is -2.40. The zero-order valence-corrected chi connectivity index (χ0v) is 12.9. The van der Waals surface area contributed by atoms with E-state index in [9.17, 15) is 8.42 Å². The van der Waals surface area contributed by atoms with E-state index in [0.29, 0.717) is 37.7 Å². The molecule has 1 N–H and O–H groups in total. The molecule has 1 aromatic rings. The summed E-state index contributed by atoms with van der Waals surface area (Å²) in [7, 11) is -1.51. The van der Waals surface area contributed by atoms with Crippen LogP contribution in [0, 0.1) is 0 Å². The largest absolute Gasteiger partial charge is 0.379 e. The van der Waals surface area contributed by atoms with Gasteiger partial charge in [0.1, 0.15) is 4.90 Å². The van der Waals surface area contributed by atoms with Crippen LogP contribution in [-0.4, -0.2) is 50.1 Å². The van der Waals surface area contributed by atoms with E-state index in [1.807, 2.05) is 11.6 Å². The first-order valence-electron chi connectivity index (χ1n) is 6.99. The number of sulfonamides is 1. The van der Waals surface area contributed by atoms with Gasteiger partial charge in [-0.1, -0.05) is 6.92 Å². The Labute approximate surface area is 120 Å². The van der Waals surface area contributed by atoms with Crippen molar-refractivity contribution < 1.29 is 13.2 Å². The first-order valence-corrected chi connectivity index (χ1v) is 8.43. The number of rotatable bonds is 6. The minimum Gasteiger partial charge on any atom is -0.379 e. The molecular weight excluding hydrogens is 278 g/mol. The van der Waals surface area contributed by atoms with E-state index in [4.69, 9.17) is 4.74 Å². The molecule has 0 atom stereocenters. The Hall–Kier alpha value is -0.890. The number of aryl methyl sites for hydroxylation is 1. The van der Waals surface area contributed by atoms with Crippen molar-refractivity contribution in [3.8, 4) is 0 Å². The second kappa shape index (κ2) is 6.71. The fourth-order valence-corrected chi connectivity index (χ4v) is 3.73. The van der Waals surface area contributed by atoms with Crippen LogP contribution in [0.15, 0.2) is 17.2 Å². The summed E-state index contributed by atoms with van der Waals surface area (Å²) in [6.45, 7) is 5.52. The molecule has 0 amide bonds. The van der Waals surface area contributed by atoms with Gasteiger partial charge < -0.3 is 14.6 Å². The Balaban J connectivity index is 2.13. The molecule has 1 aromatic heterocycles. The minimum absolute atomic E-state index is 0.371. The van der Waals surface area contributed by atoms with Crippen LogP contribution in [-0.2, 0) is 28.4 Å². The molecule has 2 rings (SSSR count). The quantitative estimate of drug-likeness (QED) is 0.779. The van der Waals surface area contributed by atoms with E-state index in [1.54, 1.807) is 12.3 Å². The number of nitrogens with zero attached hydrogens (tertiary/aromatic N) is 2. The lowest BCUT2D eigenvalue weighted by Gasteiger charge is -2.25. The highest BCUT2D eigenvalue weighted by Gasteiger charge is 2.27. The van der Waals surface area contributed by atoms with Crippen molar-refractivity contribution in [2.45, 2.75) is 24.8 Å². The molecule has 7 heteroatoms. The topological polar surface area (TPSA) is 63.6 Å². The van der Waals surface area contributed by atoms with Crippen LogP contribution in [0.1, 0.15) is 19.0 Å². The molecule has 1 aliphatic rings. The summed E-state index contributed by atoms with van der Waals surface area (Å²) in [6, 6.07) is 1.76. The van der Waals surface area contributed by atoms with Crippen molar-refractivity contribution in [2.75, 3.05) is 32.8 Å². The molecular formula is C13H23N3O3S. The Kier molecular flexibility index (Phi) is 5.20. The van der Waals surface area contributed by atoms with Crippen molar-refractivity contribution in [3.63, 3.8) is 0 Å². The Morgan fingerprint density at radius 1 is 1.35 bits per heavy atom. The third kappa shape index (κ3) is 3.41. The molecule has 1 fully saturated rings. The van der Waals surface area contributed by atoms with Crippen molar-refractivity contribution in [2.24, 2.45) is 7.05 Å². The van der Waals surface area contributed by atoms with Gasteiger partial charge in [0, 0.05) is 38.6 Å². The van der Waals surface area contributed by atoms with E-state index < -0.39 is 10.0 Å². The summed E-state index contributed by atoms with van der Waals surface area (Å²) < 4.78 is 33.6. The van der Waals surface area contributed by atoms with Gasteiger partial charge in [-0.2, -0.15) is 4.31 Å². The van der Waals surface area contributed by atoms with Crippen LogP contribution in [0.2, 0.25) is 0 Å². The normalized spacial score (nSPS) is 17.5. The van der Waals surface area contributed by atoms with E-state index in [-0.39, 0.29) is 0 Å². The number of hydrogen-bond acceptors (Lipinski definition) is 4. The first-order chi connectivity index (χ1) is 9.55. The number of hydrogen-bond donors (Lipinski definition) is 1. The van der Waals surface area contributed by atoms with E-state index in [0.717, 1.165) is 18.7 Å². The van der Waals surface area contributed by atoms with Gasteiger partial charge >= 0.3 is 0 Å².